The maximum absolute atomic E-state index is 6.39. The standard InChI is InChI=1S/C24H22Cl2N2O/c25-21-6-3-4-16(23(21)26)14-28-24(11-12-24)20-15-27-13-10-18(20)19-5-1-2-7-22(19)29-17-8-9-17/h1-7,10,13,15,17,28H,8-9,11-12,14H2. The second-order valence-corrected chi connectivity index (χ2v) is 8.67. The SMILES string of the molecule is Clc1cccc(CNC2(c3cnccc3-c3ccccc3OC3CC3)CC2)c1Cl. The molecule has 3 aromatic rings. The quantitative estimate of drug-likeness (QED) is 0.477. The van der Waals surface area contributed by atoms with E-state index < -0.39 is 0 Å². The lowest BCUT2D eigenvalue weighted by atomic mass is 9.94. The van der Waals surface area contributed by atoms with Gasteiger partial charge >= 0.3 is 0 Å². The molecule has 2 aromatic carbocycles. The molecule has 2 aliphatic carbocycles. The zero-order valence-corrected chi connectivity index (χ0v) is 17.5. The summed E-state index contributed by atoms with van der Waals surface area (Å²) in [5.74, 6) is 0.955. The molecule has 0 saturated heterocycles. The highest BCUT2D eigenvalue weighted by Gasteiger charge is 2.45. The van der Waals surface area contributed by atoms with Gasteiger partial charge in [0.25, 0.3) is 0 Å². The molecule has 5 rings (SSSR count). The van der Waals surface area contributed by atoms with Gasteiger partial charge in [0.05, 0.1) is 16.1 Å². The van der Waals surface area contributed by atoms with E-state index >= 15 is 0 Å². The molecule has 2 aliphatic rings. The summed E-state index contributed by atoms with van der Waals surface area (Å²) in [7, 11) is 0. The topological polar surface area (TPSA) is 34.2 Å². The zero-order chi connectivity index (χ0) is 19.8. The Balaban J connectivity index is 1.46. The first-order valence-corrected chi connectivity index (χ1v) is 10.8. The third kappa shape index (κ3) is 3.87. The van der Waals surface area contributed by atoms with Crippen LogP contribution in [0, 0.1) is 0 Å². The second-order valence-electron chi connectivity index (χ2n) is 7.88. The number of aromatic nitrogens is 1. The van der Waals surface area contributed by atoms with Crippen LogP contribution in [0.25, 0.3) is 11.1 Å². The van der Waals surface area contributed by atoms with Crippen LogP contribution in [0.2, 0.25) is 10.0 Å². The van der Waals surface area contributed by atoms with Crippen LogP contribution in [-0.4, -0.2) is 11.1 Å². The van der Waals surface area contributed by atoms with Gasteiger partial charge in [-0.3, -0.25) is 4.98 Å². The van der Waals surface area contributed by atoms with Crippen LogP contribution in [0.4, 0.5) is 0 Å². The number of rotatable bonds is 7. The minimum atomic E-state index is -0.0953. The number of pyridine rings is 1. The first-order valence-electron chi connectivity index (χ1n) is 10.0. The normalized spacial score (nSPS) is 17.2. The van der Waals surface area contributed by atoms with E-state index in [9.17, 15) is 0 Å². The lowest BCUT2D eigenvalue weighted by Crippen LogP contribution is -2.29. The summed E-state index contributed by atoms with van der Waals surface area (Å²) < 4.78 is 6.18. The smallest absolute Gasteiger partial charge is 0.127 e. The predicted octanol–water partition coefficient (Wildman–Crippen LogP) is 6.38. The van der Waals surface area contributed by atoms with E-state index in [4.69, 9.17) is 27.9 Å². The van der Waals surface area contributed by atoms with Gasteiger partial charge in [-0.25, -0.2) is 0 Å². The first-order chi connectivity index (χ1) is 14.2. The van der Waals surface area contributed by atoms with Gasteiger partial charge in [0.2, 0.25) is 0 Å². The van der Waals surface area contributed by atoms with Crippen molar-refractivity contribution in [3.8, 4) is 16.9 Å². The van der Waals surface area contributed by atoms with Crippen molar-refractivity contribution in [3.63, 3.8) is 0 Å². The van der Waals surface area contributed by atoms with Crippen molar-refractivity contribution in [2.45, 2.75) is 43.9 Å². The predicted molar refractivity (Wildman–Crippen MR) is 118 cm³/mol. The largest absolute Gasteiger partial charge is 0.490 e. The molecule has 29 heavy (non-hydrogen) atoms. The van der Waals surface area contributed by atoms with Crippen molar-refractivity contribution < 1.29 is 4.74 Å². The van der Waals surface area contributed by atoms with E-state index in [1.165, 1.54) is 11.1 Å². The van der Waals surface area contributed by atoms with Gasteiger partial charge in [0.15, 0.2) is 0 Å². The van der Waals surface area contributed by atoms with Crippen LogP contribution < -0.4 is 10.1 Å². The summed E-state index contributed by atoms with van der Waals surface area (Å²) in [5.41, 5.74) is 4.43. The van der Waals surface area contributed by atoms with E-state index in [-0.39, 0.29) is 5.54 Å². The maximum Gasteiger partial charge on any atom is 0.127 e. The molecule has 3 nitrogen and oxygen atoms in total. The van der Waals surface area contributed by atoms with Crippen molar-refractivity contribution in [1.29, 1.82) is 0 Å². The summed E-state index contributed by atoms with van der Waals surface area (Å²) in [4.78, 5) is 4.44. The molecule has 0 atom stereocenters. The van der Waals surface area contributed by atoms with Gasteiger partial charge in [-0.15, -0.1) is 0 Å². The Kier molecular flexibility index (Phi) is 4.99. The van der Waals surface area contributed by atoms with E-state index in [0.717, 1.165) is 42.6 Å². The molecule has 0 aliphatic heterocycles. The van der Waals surface area contributed by atoms with Gasteiger partial charge in [0, 0.05) is 30.0 Å². The van der Waals surface area contributed by atoms with Crippen LogP contribution in [-0.2, 0) is 12.1 Å². The number of hydrogen-bond acceptors (Lipinski definition) is 3. The van der Waals surface area contributed by atoms with Crippen molar-refractivity contribution >= 4 is 23.2 Å². The monoisotopic (exact) mass is 424 g/mol. The summed E-state index contributed by atoms with van der Waals surface area (Å²) in [6, 6.07) is 16.2. The molecule has 5 heteroatoms. The molecule has 1 heterocycles. The van der Waals surface area contributed by atoms with E-state index in [1.807, 2.05) is 36.7 Å². The Morgan fingerprint density at radius 3 is 2.62 bits per heavy atom. The summed E-state index contributed by atoms with van der Waals surface area (Å²) in [6.07, 6.45) is 8.62. The maximum atomic E-state index is 6.39. The molecule has 0 radical (unpaired) electrons. The fourth-order valence-corrected chi connectivity index (χ4v) is 4.17. The van der Waals surface area contributed by atoms with E-state index in [2.05, 4.69) is 34.6 Å². The molecule has 0 unspecified atom stereocenters. The minimum Gasteiger partial charge on any atom is -0.490 e. The Hall–Kier alpha value is -2.07. The molecule has 0 amide bonds. The minimum absolute atomic E-state index is 0.0953. The third-order valence-corrected chi connectivity index (χ3v) is 6.59. The number of benzene rings is 2. The molecule has 1 aromatic heterocycles. The highest BCUT2D eigenvalue weighted by molar-refractivity contribution is 6.42. The number of hydrogen-bond donors (Lipinski definition) is 1. The second kappa shape index (κ2) is 7.64. The average molecular weight is 425 g/mol. The highest BCUT2D eigenvalue weighted by Crippen LogP contribution is 2.50. The van der Waals surface area contributed by atoms with Crippen LogP contribution in [0.5, 0.6) is 5.75 Å². The first kappa shape index (κ1) is 18.9. The number of nitrogens with one attached hydrogen (secondary N) is 1. The summed E-state index contributed by atoms with van der Waals surface area (Å²) >= 11 is 12.6. The lowest BCUT2D eigenvalue weighted by Gasteiger charge is -2.22. The number of halogens is 2. The highest BCUT2D eigenvalue weighted by atomic mass is 35.5. The molecule has 148 valence electrons. The van der Waals surface area contributed by atoms with Crippen LogP contribution in [0.3, 0.4) is 0 Å². The van der Waals surface area contributed by atoms with Gasteiger partial charge < -0.3 is 10.1 Å². The molecular weight excluding hydrogens is 403 g/mol. The Bertz CT molecular complexity index is 1040. The Labute approximate surface area is 181 Å². The third-order valence-electron chi connectivity index (χ3n) is 5.73. The Morgan fingerprint density at radius 1 is 1.00 bits per heavy atom. The van der Waals surface area contributed by atoms with Crippen molar-refractivity contribution in [1.82, 2.24) is 10.3 Å². The van der Waals surface area contributed by atoms with Crippen LogP contribution in [0.15, 0.2) is 60.9 Å². The van der Waals surface area contributed by atoms with Gasteiger partial charge in [-0.2, -0.15) is 0 Å². The lowest BCUT2D eigenvalue weighted by molar-refractivity contribution is 0.304. The molecule has 2 saturated carbocycles. The van der Waals surface area contributed by atoms with Gasteiger partial charge in [-0.1, -0.05) is 53.5 Å². The van der Waals surface area contributed by atoms with Crippen molar-refractivity contribution in [2.24, 2.45) is 0 Å². The van der Waals surface area contributed by atoms with Crippen LogP contribution in [0.1, 0.15) is 36.8 Å². The fraction of sp³-hybridized carbons (Fsp3) is 0.292. The fourth-order valence-electron chi connectivity index (χ4n) is 3.78. The molecule has 0 spiro atoms. The molecule has 0 bridgehead atoms. The summed E-state index contributed by atoms with van der Waals surface area (Å²) in [5, 5.41) is 4.93. The average Bonchev–Trinajstić information content (AvgIpc) is 3.66. The van der Waals surface area contributed by atoms with Gasteiger partial charge in [0.1, 0.15) is 5.75 Å². The van der Waals surface area contributed by atoms with Crippen molar-refractivity contribution in [2.75, 3.05) is 0 Å². The zero-order valence-electron chi connectivity index (χ0n) is 16.0. The number of ether oxygens (including phenoxy) is 1. The molecular formula is C24H22Cl2N2O. The number of para-hydroxylation sites is 1. The van der Waals surface area contributed by atoms with Gasteiger partial charge in [-0.05, 0) is 60.6 Å². The Morgan fingerprint density at radius 2 is 1.83 bits per heavy atom. The number of nitrogens with zero attached hydrogens (tertiary/aromatic N) is 1. The van der Waals surface area contributed by atoms with E-state index in [0.29, 0.717) is 22.7 Å². The van der Waals surface area contributed by atoms with Crippen molar-refractivity contribution in [3.05, 3.63) is 82.1 Å². The van der Waals surface area contributed by atoms with E-state index in [1.54, 1.807) is 0 Å². The molecule has 2 fully saturated rings. The molecule has 1 N–H and O–H groups in total. The van der Waals surface area contributed by atoms with Crippen LogP contribution >= 0.6 is 23.2 Å². The summed E-state index contributed by atoms with van der Waals surface area (Å²) in [6.45, 7) is 0.661.